The molecule has 0 heterocycles. The van der Waals surface area contributed by atoms with Crippen molar-refractivity contribution in [2.45, 2.75) is 45.4 Å². The summed E-state index contributed by atoms with van der Waals surface area (Å²) in [6.45, 7) is 3.13. The Hall–Kier alpha value is -0.980. The van der Waals surface area contributed by atoms with Crippen LogP contribution < -0.4 is 4.74 Å². The molecule has 0 amide bonds. The number of hydrogen-bond donors (Lipinski definition) is 0. The van der Waals surface area contributed by atoms with Crippen LogP contribution >= 0.6 is 0 Å². The van der Waals surface area contributed by atoms with Crippen LogP contribution in [-0.2, 0) is 6.42 Å². The molecule has 0 bridgehead atoms. The molecule has 0 atom stereocenters. The Bertz CT molecular complexity index is 313. The first-order valence-electron chi connectivity index (χ1n) is 6.60. The molecule has 1 fully saturated rings. The zero-order valence-corrected chi connectivity index (χ0v) is 10.2. The standard InChI is InChI=1S/C15H22O/c1-2-6-13-9-5-10-15(11-13)16-12-14-7-3-4-8-14/h5,9-11,14H,2-4,6-8,12H2,1H3. The Labute approximate surface area is 98.8 Å². The first-order valence-corrected chi connectivity index (χ1v) is 6.60. The maximum Gasteiger partial charge on any atom is 0.119 e. The summed E-state index contributed by atoms with van der Waals surface area (Å²) in [6, 6.07) is 8.56. The van der Waals surface area contributed by atoms with Crippen LogP contribution in [0, 0.1) is 5.92 Å². The van der Waals surface area contributed by atoms with Gasteiger partial charge in [-0.1, -0.05) is 38.3 Å². The van der Waals surface area contributed by atoms with E-state index < -0.39 is 0 Å². The number of benzene rings is 1. The first kappa shape index (κ1) is 11.5. The van der Waals surface area contributed by atoms with E-state index in [0.717, 1.165) is 24.7 Å². The maximum atomic E-state index is 5.88. The predicted molar refractivity (Wildman–Crippen MR) is 67.9 cm³/mol. The van der Waals surface area contributed by atoms with E-state index in [1.54, 1.807) is 0 Å². The number of aryl methyl sites for hydroxylation is 1. The van der Waals surface area contributed by atoms with Crippen LogP contribution in [0.15, 0.2) is 24.3 Å². The smallest absolute Gasteiger partial charge is 0.119 e. The zero-order valence-electron chi connectivity index (χ0n) is 10.2. The summed E-state index contributed by atoms with van der Waals surface area (Å²) in [4.78, 5) is 0. The number of rotatable bonds is 5. The van der Waals surface area contributed by atoms with E-state index >= 15 is 0 Å². The highest BCUT2D eigenvalue weighted by Gasteiger charge is 2.15. The summed E-state index contributed by atoms with van der Waals surface area (Å²) in [5.41, 5.74) is 1.39. The Morgan fingerprint density at radius 3 is 2.81 bits per heavy atom. The highest BCUT2D eigenvalue weighted by Crippen LogP contribution is 2.25. The average molecular weight is 218 g/mol. The maximum absolute atomic E-state index is 5.88. The Morgan fingerprint density at radius 1 is 1.25 bits per heavy atom. The second kappa shape index (κ2) is 5.93. The van der Waals surface area contributed by atoms with Gasteiger partial charge in [-0.3, -0.25) is 0 Å². The van der Waals surface area contributed by atoms with Gasteiger partial charge in [-0.05, 0) is 42.9 Å². The summed E-state index contributed by atoms with van der Waals surface area (Å²) in [5, 5.41) is 0. The molecule has 0 unspecified atom stereocenters. The van der Waals surface area contributed by atoms with Crippen molar-refractivity contribution in [3.8, 4) is 5.75 Å². The molecule has 1 nitrogen and oxygen atoms in total. The fraction of sp³-hybridized carbons (Fsp3) is 0.600. The van der Waals surface area contributed by atoms with Crippen molar-refractivity contribution in [2.24, 2.45) is 5.92 Å². The van der Waals surface area contributed by atoms with Crippen molar-refractivity contribution in [3.63, 3.8) is 0 Å². The third-order valence-corrected chi connectivity index (χ3v) is 3.40. The lowest BCUT2D eigenvalue weighted by Crippen LogP contribution is -2.08. The van der Waals surface area contributed by atoms with Crippen molar-refractivity contribution in [1.82, 2.24) is 0 Å². The van der Waals surface area contributed by atoms with E-state index in [2.05, 4.69) is 31.2 Å². The largest absolute Gasteiger partial charge is 0.493 e. The second-order valence-corrected chi connectivity index (χ2v) is 4.86. The van der Waals surface area contributed by atoms with Gasteiger partial charge in [-0.2, -0.15) is 0 Å². The van der Waals surface area contributed by atoms with Gasteiger partial charge in [0.25, 0.3) is 0 Å². The van der Waals surface area contributed by atoms with E-state index in [0.29, 0.717) is 0 Å². The van der Waals surface area contributed by atoms with Gasteiger partial charge in [-0.15, -0.1) is 0 Å². The molecule has 1 saturated carbocycles. The minimum absolute atomic E-state index is 0.801. The monoisotopic (exact) mass is 218 g/mol. The SMILES string of the molecule is CCCc1cccc(OCC2CCCC2)c1. The van der Waals surface area contributed by atoms with Gasteiger partial charge in [0.05, 0.1) is 6.61 Å². The van der Waals surface area contributed by atoms with Crippen molar-refractivity contribution in [3.05, 3.63) is 29.8 Å². The molecule has 0 radical (unpaired) electrons. The molecule has 1 aliphatic rings. The molecule has 88 valence electrons. The summed E-state index contributed by atoms with van der Waals surface area (Å²) in [6.07, 6.45) is 7.85. The van der Waals surface area contributed by atoms with E-state index in [-0.39, 0.29) is 0 Å². The van der Waals surface area contributed by atoms with Crippen molar-refractivity contribution in [1.29, 1.82) is 0 Å². The van der Waals surface area contributed by atoms with Crippen LogP contribution in [0.1, 0.15) is 44.6 Å². The second-order valence-electron chi connectivity index (χ2n) is 4.86. The van der Waals surface area contributed by atoms with Crippen LogP contribution in [-0.4, -0.2) is 6.61 Å². The fourth-order valence-corrected chi connectivity index (χ4v) is 2.47. The molecular formula is C15H22O. The van der Waals surface area contributed by atoms with Crippen LogP contribution in [0.5, 0.6) is 5.75 Å². The highest BCUT2D eigenvalue weighted by molar-refractivity contribution is 5.28. The van der Waals surface area contributed by atoms with Gasteiger partial charge < -0.3 is 4.74 Å². The molecule has 2 rings (SSSR count). The zero-order chi connectivity index (χ0) is 11.2. The van der Waals surface area contributed by atoms with Crippen LogP contribution in [0.3, 0.4) is 0 Å². The van der Waals surface area contributed by atoms with Gasteiger partial charge in [0, 0.05) is 0 Å². The molecule has 0 aliphatic heterocycles. The molecule has 1 aromatic rings. The lowest BCUT2D eigenvalue weighted by Gasteiger charge is -2.12. The van der Waals surface area contributed by atoms with E-state index in [1.165, 1.54) is 37.7 Å². The summed E-state index contributed by atoms with van der Waals surface area (Å²) < 4.78 is 5.88. The summed E-state index contributed by atoms with van der Waals surface area (Å²) >= 11 is 0. The summed E-state index contributed by atoms with van der Waals surface area (Å²) in [7, 11) is 0. The number of ether oxygens (including phenoxy) is 1. The Morgan fingerprint density at radius 2 is 2.06 bits per heavy atom. The third-order valence-electron chi connectivity index (χ3n) is 3.40. The molecular weight excluding hydrogens is 196 g/mol. The average Bonchev–Trinajstić information content (AvgIpc) is 2.80. The topological polar surface area (TPSA) is 9.23 Å². The lowest BCUT2D eigenvalue weighted by atomic mass is 10.1. The van der Waals surface area contributed by atoms with Gasteiger partial charge in [0.15, 0.2) is 0 Å². The Kier molecular flexibility index (Phi) is 4.26. The molecule has 1 aromatic carbocycles. The molecule has 0 spiro atoms. The van der Waals surface area contributed by atoms with E-state index in [9.17, 15) is 0 Å². The minimum Gasteiger partial charge on any atom is -0.493 e. The highest BCUT2D eigenvalue weighted by atomic mass is 16.5. The van der Waals surface area contributed by atoms with Gasteiger partial charge >= 0.3 is 0 Å². The van der Waals surface area contributed by atoms with Crippen LogP contribution in [0.4, 0.5) is 0 Å². The molecule has 1 heteroatoms. The molecule has 16 heavy (non-hydrogen) atoms. The quantitative estimate of drug-likeness (QED) is 0.719. The van der Waals surface area contributed by atoms with Crippen molar-refractivity contribution >= 4 is 0 Å². The Balaban J connectivity index is 1.85. The third kappa shape index (κ3) is 3.26. The molecule has 0 saturated heterocycles. The molecule has 1 aliphatic carbocycles. The van der Waals surface area contributed by atoms with Crippen molar-refractivity contribution in [2.75, 3.05) is 6.61 Å². The van der Waals surface area contributed by atoms with Crippen molar-refractivity contribution < 1.29 is 4.74 Å². The fourth-order valence-electron chi connectivity index (χ4n) is 2.47. The lowest BCUT2D eigenvalue weighted by molar-refractivity contribution is 0.252. The first-order chi connectivity index (χ1) is 7.88. The van der Waals surface area contributed by atoms with E-state index in [4.69, 9.17) is 4.74 Å². The molecule has 0 aromatic heterocycles. The summed E-state index contributed by atoms with van der Waals surface area (Å²) in [5.74, 6) is 1.85. The van der Waals surface area contributed by atoms with Gasteiger partial charge in [0.2, 0.25) is 0 Å². The van der Waals surface area contributed by atoms with Crippen LogP contribution in [0.25, 0.3) is 0 Å². The predicted octanol–water partition coefficient (Wildman–Crippen LogP) is 4.21. The normalized spacial score (nSPS) is 16.6. The molecule has 0 N–H and O–H groups in total. The van der Waals surface area contributed by atoms with Crippen LogP contribution in [0.2, 0.25) is 0 Å². The number of hydrogen-bond acceptors (Lipinski definition) is 1. The van der Waals surface area contributed by atoms with Gasteiger partial charge in [-0.25, -0.2) is 0 Å². The minimum atomic E-state index is 0.801. The van der Waals surface area contributed by atoms with E-state index in [1.807, 2.05) is 0 Å². The van der Waals surface area contributed by atoms with Gasteiger partial charge in [0.1, 0.15) is 5.75 Å².